The SMILES string of the molecule is CCC[SiH]1CCC(C=CC#Cc2ccc(OC(F)(F)F)cc2)CC1. The smallest absolute Gasteiger partial charge is 0.406 e. The van der Waals surface area contributed by atoms with Gasteiger partial charge in [-0.05, 0) is 49.1 Å². The third-order valence-corrected chi connectivity index (χ3v) is 8.04. The van der Waals surface area contributed by atoms with Gasteiger partial charge >= 0.3 is 6.36 Å². The van der Waals surface area contributed by atoms with Crippen LogP contribution >= 0.6 is 0 Å². The van der Waals surface area contributed by atoms with Gasteiger partial charge in [0.05, 0.1) is 0 Å². The summed E-state index contributed by atoms with van der Waals surface area (Å²) < 4.78 is 40.1. The van der Waals surface area contributed by atoms with E-state index in [1.807, 2.05) is 6.08 Å². The maximum absolute atomic E-state index is 12.1. The minimum Gasteiger partial charge on any atom is -0.406 e. The average molecular weight is 352 g/mol. The summed E-state index contributed by atoms with van der Waals surface area (Å²) in [4.78, 5) is 0. The van der Waals surface area contributed by atoms with Gasteiger partial charge in [0, 0.05) is 14.4 Å². The highest BCUT2D eigenvalue weighted by molar-refractivity contribution is 6.58. The first kappa shape index (κ1) is 18.7. The molecule has 0 N–H and O–H groups in total. The van der Waals surface area contributed by atoms with Crippen LogP contribution in [-0.4, -0.2) is 15.2 Å². The molecule has 5 heteroatoms. The van der Waals surface area contributed by atoms with Crippen LogP contribution in [0.3, 0.4) is 0 Å². The largest absolute Gasteiger partial charge is 0.573 e. The molecule has 0 aliphatic carbocycles. The van der Waals surface area contributed by atoms with Crippen molar-refractivity contribution in [3.8, 4) is 17.6 Å². The quantitative estimate of drug-likeness (QED) is 0.511. The molecule has 24 heavy (non-hydrogen) atoms. The van der Waals surface area contributed by atoms with Crippen molar-refractivity contribution in [2.24, 2.45) is 5.92 Å². The molecule has 1 nitrogen and oxygen atoms in total. The second-order valence-electron chi connectivity index (χ2n) is 6.27. The second-order valence-corrected chi connectivity index (χ2v) is 9.73. The van der Waals surface area contributed by atoms with Crippen LogP contribution in [-0.2, 0) is 0 Å². The van der Waals surface area contributed by atoms with Gasteiger partial charge < -0.3 is 4.74 Å². The Kier molecular flexibility index (Phi) is 6.98. The average Bonchev–Trinajstić information content (AvgIpc) is 2.53. The monoisotopic (exact) mass is 352 g/mol. The second kappa shape index (κ2) is 8.98. The predicted octanol–water partition coefficient (Wildman–Crippen LogP) is 5.54. The topological polar surface area (TPSA) is 9.23 Å². The van der Waals surface area contributed by atoms with Gasteiger partial charge in [0.1, 0.15) is 5.75 Å². The molecule has 1 fully saturated rings. The van der Waals surface area contributed by atoms with Crippen molar-refractivity contribution in [2.75, 3.05) is 0 Å². The molecule has 0 unspecified atom stereocenters. The van der Waals surface area contributed by atoms with E-state index < -0.39 is 15.2 Å². The van der Waals surface area contributed by atoms with E-state index in [-0.39, 0.29) is 5.75 Å². The highest BCUT2D eigenvalue weighted by Gasteiger charge is 2.30. The van der Waals surface area contributed by atoms with Crippen LogP contribution in [0.25, 0.3) is 0 Å². The van der Waals surface area contributed by atoms with Gasteiger partial charge in [0.2, 0.25) is 0 Å². The zero-order valence-electron chi connectivity index (χ0n) is 13.9. The number of ether oxygens (including phenoxy) is 1. The van der Waals surface area contributed by atoms with E-state index in [0.29, 0.717) is 11.5 Å². The summed E-state index contributed by atoms with van der Waals surface area (Å²) in [5, 5.41) is 0. The first-order valence-electron chi connectivity index (χ1n) is 8.50. The van der Waals surface area contributed by atoms with Crippen LogP contribution < -0.4 is 4.74 Å². The number of rotatable bonds is 4. The number of alkyl halides is 3. The van der Waals surface area contributed by atoms with E-state index in [1.165, 1.54) is 61.7 Å². The Morgan fingerprint density at radius 2 is 1.88 bits per heavy atom. The third-order valence-electron chi connectivity index (χ3n) is 4.34. The maximum atomic E-state index is 12.1. The molecule has 0 atom stereocenters. The number of allylic oxidation sites excluding steroid dienone is 2. The zero-order valence-corrected chi connectivity index (χ0v) is 15.1. The van der Waals surface area contributed by atoms with Crippen molar-refractivity contribution >= 4 is 8.80 Å². The molecule has 1 heterocycles. The van der Waals surface area contributed by atoms with Crippen LogP contribution in [0.4, 0.5) is 13.2 Å². The Morgan fingerprint density at radius 3 is 2.46 bits per heavy atom. The van der Waals surface area contributed by atoms with E-state index >= 15 is 0 Å². The lowest BCUT2D eigenvalue weighted by Crippen LogP contribution is -2.19. The molecule has 0 spiro atoms. The molecule has 1 aliphatic heterocycles. The van der Waals surface area contributed by atoms with E-state index in [2.05, 4.69) is 29.6 Å². The molecular weight excluding hydrogens is 329 g/mol. The van der Waals surface area contributed by atoms with Crippen molar-refractivity contribution < 1.29 is 17.9 Å². The van der Waals surface area contributed by atoms with Gasteiger partial charge in [-0.15, -0.1) is 13.2 Å². The zero-order chi connectivity index (χ0) is 17.4. The van der Waals surface area contributed by atoms with Crippen LogP contribution in [0, 0.1) is 17.8 Å². The lowest BCUT2D eigenvalue weighted by Gasteiger charge is -2.25. The summed E-state index contributed by atoms with van der Waals surface area (Å²) in [5.74, 6) is 6.33. The van der Waals surface area contributed by atoms with Crippen molar-refractivity contribution in [1.29, 1.82) is 0 Å². The standard InChI is InChI=1S/C19H23F3OSi/c1-2-13-24-14-11-17(12-15-24)6-4-3-5-16-7-9-18(10-8-16)23-19(20,21)22/h4,6-10,17,24H,2,11-15H2,1H3. The predicted molar refractivity (Wildman–Crippen MR) is 93.7 cm³/mol. The summed E-state index contributed by atoms with van der Waals surface area (Å²) in [6.07, 6.45) is 3.32. The molecule has 130 valence electrons. The fourth-order valence-corrected chi connectivity index (χ4v) is 6.61. The van der Waals surface area contributed by atoms with Gasteiger partial charge in [-0.25, -0.2) is 0 Å². The molecule has 0 amide bonds. The number of hydrogen-bond acceptors (Lipinski definition) is 1. The molecular formula is C19H23F3OSi. The van der Waals surface area contributed by atoms with Crippen LogP contribution in [0.5, 0.6) is 5.75 Å². The van der Waals surface area contributed by atoms with E-state index in [9.17, 15) is 13.2 Å². The molecule has 1 aromatic rings. The summed E-state index contributed by atoms with van der Waals surface area (Å²) in [6.45, 7) is 2.27. The molecule has 1 aliphatic rings. The lowest BCUT2D eigenvalue weighted by atomic mass is 10.0. The highest BCUT2D eigenvalue weighted by atomic mass is 28.3. The van der Waals surface area contributed by atoms with E-state index in [4.69, 9.17) is 0 Å². The Labute approximate surface area is 143 Å². The Hall–Kier alpha value is -1.67. The van der Waals surface area contributed by atoms with Gasteiger partial charge in [0.25, 0.3) is 0 Å². The lowest BCUT2D eigenvalue weighted by molar-refractivity contribution is -0.274. The summed E-state index contributed by atoms with van der Waals surface area (Å²) in [6, 6.07) is 9.98. The van der Waals surface area contributed by atoms with Crippen LogP contribution in [0.1, 0.15) is 31.7 Å². The Bertz CT molecular complexity index is 588. The minimum atomic E-state index is -4.66. The van der Waals surface area contributed by atoms with Crippen molar-refractivity contribution in [1.82, 2.24) is 0 Å². The van der Waals surface area contributed by atoms with Crippen LogP contribution in [0.15, 0.2) is 36.4 Å². The minimum absolute atomic E-state index is 0.225. The van der Waals surface area contributed by atoms with E-state index in [0.717, 1.165) is 0 Å². The van der Waals surface area contributed by atoms with Gasteiger partial charge in [-0.2, -0.15) is 0 Å². The van der Waals surface area contributed by atoms with Crippen LogP contribution in [0.2, 0.25) is 18.1 Å². The summed E-state index contributed by atoms with van der Waals surface area (Å²) in [7, 11) is -0.437. The normalized spacial score (nSPS) is 21.3. The molecule has 1 aromatic carbocycles. The highest BCUT2D eigenvalue weighted by Crippen LogP contribution is 2.28. The molecule has 1 saturated heterocycles. The molecule has 2 rings (SSSR count). The molecule has 0 radical (unpaired) electrons. The molecule has 0 aromatic heterocycles. The van der Waals surface area contributed by atoms with Gasteiger partial charge in [0.15, 0.2) is 0 Å². The first-order chi connectivity index (χ1) is 11.5. The maximum Gasteiger partial charge on any atom is 0.573 e. The third kappa shape index (κ3) is 6.84. The van der Waals surface area contributed by atoms with Gasteiger partial charge in [-0.3, -0.25) is 0 Å². The Morgan fingerprint density at radius 1 is 1.21 bits per heavy atom. The first-order valence-corrected chi connectivity index (χ1v) is 10.9. The summed E-state index contributed by atoms with van der Waals surface area (Å²) in [5.41, 5.74) is 0.674. The van der Waals surface area contributed by atoms with Crippen molar-refractivity contribution in [2.45, 2.75) is 50.7 Å². The number of benzene rings is 1. The molecule has 0 saturated carbocycles. The fraction of sp³-hybridized carbons (Fsp3) is 0.474. The summed E-state index contributed by atoms with van der Waals surface area (Å²) >= 11 is 0. The van der Waals surface area contributed by atoms with Crippen molar-refractivity contribution in [3.63, 3.8) is 0 Å². The van der Waals surface area contributed by atoms with Gasteiger partial charge in [-0.1, -0.05) is 49.4 Å². The fourth-order valence-electron chi connectivity index (χ4n) is 3.13. The van der Waals surface area contributed by atoms with Crippen molar-refractivity contribution in [3.05, 3.63) is 42.0 Å². The number of halogens is 3. The molecule has 0 bridgehead atoms. The Balaban J connectivity index is 1.81. The number of hydrogen-bond donors (Lipinski definition) is 0. The van der Waals surface area contributed by atoms with E-state index in [1.54, 1.807) is 0 Å².